The number of hydrogen-bond donors (Lipinski definition) is 2. The summed E-state index contributed by atoms with van der Waals surface area (Å²) in [6, 6.07) is 6.48. The highest BCUT2D eigenvalue weighted by atomic mass is 35.5. The van der Waals surface area contributed by atoms with Crippen molar-refractivity contribution in [3.8, 4) is 0 Å². The maximum absolute atomic E-state index is 14.0. The van der Waals surface area contributed by atoms with Crippen molar-refractivity contribution in [3.05, 3.63) is 45.4 Å². The van der Waals surface area contributed by atoms with Crippen molar-refractivity contribution in [1.29, 1.82) is 0 Å². The van der Waals surface area contributed by atoms with E-state index in [1.165, 1.54) is 23.5 Å². The van der Waals surface area contributed by atoms with E-state index >= 15 is 0 Å². The fourth-order valence-electron chi connectivity index (χ4n) is 2.37. The molecule has 0 bridgehead atoms. The summed E-state index contributed by atoms with van der Waals surface area (Å²) in [7, 11) is 0. The van der Waals surface area contributed by atoms with E-state index in [1.54, 1.807) is 19.1 Å². The Morgan fingerprint density at radius 2 is 2.12 bits per heavy atom. The molecule has 0 radical (unpaired) electrons. The van der Waals surface area contributed by atoms with Crippen molar-refractivity contribution < 1.29 is 18.8 Å². The van der Waals surface area contributed by atoms with Gasteiger partial charge in [0.05, 0.1) is 22.5 Å². The number of rotatable bonds is 4. The molecule has 1 aliphatic heterocycles. The number of hydrogen-bond acceptors (Lipinski definition) is 4. The second kappa shape index (κ2) is 6.81. The molecule has 4 amide bonds. The summed E-state index contributed by atoms with van der Waals surface area (Å²) in [5.41, 5.74) is 0.0769. The lowest BCUT2D eigenvalue weighted by Gasteiger charge is -2.16. The molecule has 3 rings (SSSR count). The van der Waals surface area contributed by atoms with Gasteiger partial charge < -0.3 is 10.6 Å². The van der Waals surface area contributed by atoms with Crippen LogP contribution >= 0.6 is 22.9 Å². The quantitative estimate of drug-likeness (QED) is 0.797. The van der Waals surface area contributed by atoms with E-state index in [0.29, 0.717) is 9.24 Å². The van der Waals surface area contributed by atoms with Crippen LogP contribution in [0.4, 0.5) is 20.6 Å². The first-order valence-electron chi connectivity index (χ1n) is 7.33. The molecule has 130 valence electrons. The molecule has 1 aliphatic rings. The standard InChI is InChI=1S/C16H13ClFN3O3S/c1-8(12-4-5-13(17)25-12)15(23)20-9-2-3-10(18)11(6-9)21-14(22)7-19-16(21)24/h2-6,8H,7H2,1H3,(H,19,24)(H,20,23). The molecular formula is C16H13ClFN3O3S. The molecule has 0 aliphatic carbocycles. The van der Waals surface area contributed by atoms with Gasteiger partial charge >= 0.3 is 6.03 Å². The number of carbonyl (C=O) groups is 3. The van der Waals surface area contributed by atoms with Gasteiger partial charge in [-0.15, -0.1) is 11.3 Å². The SMILES string of the molecule is CC(C(=O)Nc1ccc(F)c(N2C(=O)CNC2=O)c1)c1ccc(Cl)s1. The summed E-state index contributed by atoms with van der Waals surface area (Å²) in [5.74, 6) is -2.06. The number of benzene rings is 1. The Balaban J connectivity index is 1.81. The third kappa shape index (κ3) is 3.49. The maximum Gasteiger partial charge on any atom is 0.329 e. The van der Waals surface area contributed by atoms with Crippen LogP contribution in [-0.4, -0.2) is 24.4 Å². The van der Waals surface area contributed by atoms with E-state index < -0.39 is 23.7 Å². The van der Waals surface area contributed by atoms with Crippen LogP contribution in [-0.2, 0) is 9.59 Å². The summed E-state index contributed by atoms with van der Waals surface area (Å²) in [4.78, 5) is 37.3. The summed E-state index contributed by atoms with van der Waals surface area (Å²) in [6.45, 7) is 1.53. The Morgan fingerprint density at radius 1 is 1.36 bits per heavy atom. The van der Waals surface area contributed by atoms with E-state index in [9.17, 15) is 18.8 Å². The van der Waals surface area contributed by atoms with Gasteiger partial charge in [-0.05, 0) is 37.3 Å². The smallest absolute Gasteiger partial charge is 0.328 e. The van der Waals surface area contributed by atoms with Gasteiger partial charge in [0, 0.05) is 10.6 Å². The van der Waals surface area contributed by atoms with Crippen molar-refractivity contribution in [2.75, 3.05) is 16.8 Å². The van der Waals surface area contributed by atoms with Crippen LogP contribution in [0.5, 0.6) is 0 Å². The molecule has 25 heavy (non-hydrogen) atoms. The minimum Gasteiger partial charge on any atom is -0.328 e. The summed E-state index contributed by atoms with van der Waals surface area (Å²) >= 11 is 7.18. The number of nitrogens with zero attached hydrogens (tertiary/aromatic N) is 1. The zero-order valence-corrected chi connectivity index (χ0v) is 14.6. The van der Waals surface area contributed by atoms with Crippen molar-refractivity contribution >= 4 is 52.2 Å². The molecule has 1 unspecified atom stereocenters. The second-order valence-corrected chi connectivity index (χ2v) is 7.15. The van der Waals surface area contributed by atoms with E-state index in [0.717, 1.165) is 10.9 Å². The summed E-state index contributed by atoms with van der Waals surface area (Å²) < 4.78 is 14.6. The van der Waals surface area contributed by atoms with E-state index in [2.05, 4.69) is 10.6 Å². The van der Waals surface area contributed by atoms with Crippen LogP contribution in [0.1, 0.15) is 17.7 Å². The molecule has 2 aromatic rings. The molecule has 1 fully saturated rings. The predicted molar refractivity (Wildman–Crippen MR) is 93.7 cm³/mol. The molecule has 2 N–H and O–H groups in total. The minimum absolute atomic E-state index is 0.189. The highest BCUT2D eigenvalue weighted by Crippen LogP contribution is 2.30. The molecule has 1 aromatic heterocycles. The Bertz CT molecular complexity index is 854. The van der Waals surface area contributed by atoms with Crippen molar-refractivity contribution in [2.45, 2.75) is 12.8 Å². The van der Waals surface area contributed by atoms with Crippen LogP contribution < -0.4 is 15.5 Å². The molecule has 0 saturated carbocycles. The Labute approximate surface area is 151 Å². The Morgan fingerprint density at radius 3 is 2.72 bits per heavy atom. The van der Waals surface area contributed by atoms with Crippen molar-refractivity contribution in [2.24, 2.45) is 0 Å². The normalized spacial score (nSPS) is 15.2. The molecule has 0 spiro atoms. The number of anilines is 2. The van der Waals surface area contributed by atoms with E-state index in [4.69, 9.17) is 11.6 Å². The third-order valence-corrected chi connectivity index (χ3v) is 5.13. The second-order valence-electron chi connectivity index (χ2n) is 5.41. The molecule has 1 aromatic carbocycles. The van der Waals surface area contributed by atoms with Crippen molar-refractivity contribution in [1.82, 2.24) is 5.32 Å². The molecular weight excluding hydrogens is 369 g/mol. The van der Waals surface area contributed by atoms with Gasteiger partial charge in [-0.25, -0.2) is 14.1 Å². The number of nitrogens with one attached hydrogen (secondary N) is 2. The number of amides is 4. The van der Waals surface area contributed by atoms with Crippen LogP contribution in [0.15, 0.2) is 30.3 Å². The van der Waals surface area contributed by atoms with E-state index in [1.807, 2.05) is 0 Å². The molecule has 1 saturated heterocycles. The van der Waals surface area contributed by atoms with Gasteiger partial charge in [0.2, 0.25) is 5.91 Å². The van der Waals surface area contributed by atoms with Gasteiger partial charge in [-0.1, -0.05) is 11.6 Å². The van der Waals surface area contributed by atoms with Crippen LogP contribution in [0, 0.1) is 5.82 Å². The molecule has 6 nitrogen and oxygen atoms in total. The average Bonchev–Trinajstić information content (AvgIpc) is 3.14. The molecule has 1 atom stereocenters. The van der Waals surface area contributed by atoms with Crippen LogP contribution in [0.3, 0.4) is 0 Å². The van der Waals surface area contributed by atoms with Crippen LogP contribution in [0.2, 0.25) is 4.34 Å². The number of imide groups is 1. The van der Waals surface area contributed by atoms with Gasteiger partial charge in [0.1, 0.15) is 5.82 Å². The first-order chi connectivity index (χ1) is 11.9. The Hall–Kier alpha value is -2.45. The lowest BCUT2D eigenvalue weighted by molar-refractivity contribution is -0.117. The predicted octanol–water partition coefficient (Wildman–Crippen LogP) is 3.34. The number of thiophene rings is 1. The lowest BCUT2D eigenvalue weighted by Crippen LogP contribution is -2.31. The molecule has 2 heterocycles. The highest BCUT2D eigenvalue weighted by molar-refractivity contribution is 7.16. The lowest BCUT2D eigenvalue weighted by atomic mass is 10.1. The number of halogens is 2. The zero-order valence-electron chi connectivity index (χ0n) is 13.0. The maximum atomic E-state index is 14.0. The van der Waals surface area contributed by atoms with Gasteiger partial charge in [0.15, 0.2) is 0 Å². The number of urea groups is 1. The summed E-state index contributed by atoms with van der Waals surface area (Å²) in [5, 5.41) is 4.98. The fourth-order valence-corrected chi connectivity index (χ4v) is 3.48. The molecule has 9 heteroatoms. The largest absolute Gasteiger partial charge is 0.329 e. The first kappa shape index (κ1) is 17.4. The van der Waals surface area contributed by atoms with Crippen molar-refractivity contribution in [3.63, 3.8) is 0 Å². The number of carbonyl (C=O) groups excluding carboxylic acids is 3. The van der Waals surface area contributed by atoms with Gasteiger partial charge in [0.25, 0.3) is 5.91 Å². The van der Waals surface area contributed by atoms with Gasteiger partial charge in [-0.2, -0.15) is 0 Å². The van der Waals surface area contributed by atoms with Crippen LogP contribution in [0.25, 0.3) is 0 Å². The highest BCUT2D eigenvalue weighted by Gasteiger charge is 2.32. The van der Waals surface area contributed by atoms with E-state index in [-0.39, 0.29) is 23.8 Å². The zero-order chi connectivity index (χ0) is 18.1. The fraction of sp³-hybridized carbons (Fsp3) is 0.188. The summed E-state index contributed by atoms with van der Waals surface area (Å²) in [6.07, 6.45) is 0. The minimum atomic E-state index is -0.735. The third-order valence-electron chi connectivity index (χ3n) is 3.71. The monoisotopic (exact) mass is 381 g/mol. The first-order valence-corrected chi connectivity index (χ1v) is 8.52. The Kier molecular flexibility index (Phi) is 4.73. The van der Waals surface area contributed by atoms with Gasteiger partial charge in [-0.3, -0.25) is 9.59 Å². The topological polar surface area (TPSA) is 78.5 Å². The average molecular weight is 382 g/mol.